The molecule has 124 valence electrons. The van der Waals surface area contributed by atoms with E-state index in [4.69, 9.17) is 0 Å². The van der Waals surface area contributed by atoms with Crippen molar-refractivity contribution >= 4 is 5.78 Å². The van der Waals surface area contributed by atoms with Crippen molar-refractivity contribution < 1.29 is 9.90 Å². The van der Waals surface area contributed by atoms with Crippen molar-refractivity contribution in [3.63, 3.8) is 0 Å². The van der Waals surface area contributed by atoms with Crippen molar-refractivity contribution in [1.82, 2.24) is 0 Å². The van der Waals surface area contributed by atoms with Gasteiger partial charge in [-0.1, -0.05) is 26.7 Å². The molecule has 2 heteroatoms. The summed E-state index contributed by atoms with van der Waals surface area (Å²) in [6.07, 6.45) is 11.7. The average Bonchev–Trinajstić information content (AvgIpc) is 2.78. The first-order valence-electron chi connectivity index (χ1n) is 9.66. The highest BCUT2D eigenvalue weighted by molar-refractivity contribution is 5.89. The fourth-order valence-electron chi connectivity index (χ4n) is 7.39. The number of carbonyl (C=O) groups excluding carboxylic acids is 1. The molecule has 0 spiro atoms. The zero-order valence-corrected chi connectivity index (χ0v) is 14.3. The van der Waals surface area contributed by atoms with E-state index in [1.807, 2.05) is 0 Å². The Bertz CT molecular complexity index is 472. The van der Waals surface area contributed by atoms with Crippen LogP contribution in [0.15, 0.2) is 0 Å². The summed E-state index contributed by atoms with van der Waals surface area (Å²) < 4.78 is 0. The molecule has 0 unspecified atom stereocenters. The molecule has 0 aromatic carbocycles. The number of ketones is 1. The van der Waals surface area contributed by atoms with E-state index >= 15 is 0 Å². The highest BCUT2D eigenvalue weighted by Gasteiger charge is 2.61. The van der Waals surface area contributed by atoms with Gasteiger partial charge in [0.05, 0.1) is 6.61 Å². The van der Waals surface area contributed by atoms with E-state index in [2.05, 4.69) is 13.8 Å². The first-order valence-corrected chi connectivity index (χ1v) is 9.66. The Kier molecular flexibility index (Phi) is 3.49. The summed E-state index contributed by atoms with van der Waals surface area (Å²) >= 11 is 0. The van der Waals surface area contributed by atoms with Gasteiger partial charge in [-0.25, -0.2) is 0 Å². The van der Waals surface area contributed by atoms with Crippen molar-refractivity contribution in [2.75, 3.05) is 6.61 Å². The number of aliphatic hydroxyl groups is 1. The standard InChI is InChI=1S/C20H32O2/c1-19-9-4-3-5-14(19)6-7-15-16(19)8-10-20(2)17(15)11-13(12-21)18(20)22/h13-17,21H,3-12H2,1-2H3/t13-,14+,15+,16-,17-,19-,20-/m0/s1. The van der Waals surface area contributed by atoms with Crippen molar-refractivity contribution in [3.8, 4) is 0 Å². The Morgan fingerprint density at radius 2 is 1.86 bits per heavy atom. The molecule has 0 aliphatic heterocycles. The van der Waals surface area contributed by atoms with E-state index < -0.39 is 0 Å². The first kappa shape index (κ1) is 15.2. The first-order chi connectivity index (χ1) is 10.5. The van der Waals surface area contributed by atoms with E-state index in [0.717, 1.165) is 30.6 Å². The molecule has 0 heterocycles. The highest BCUT2D eigenvalue weighted by atomic mass is 16.3. The molecule has 4 rings (SSSR count). The summed E-state index contributed by atoms with van der Waals surface area (Å²) in [5.74, 6) is 3.40. The van der Waals surface area contributed by atoms with Crippen LogP contribution in [0.5, 0.6) is 0 Å². The van der Waals surface area contributed by atoms with Gasteiger partial charge in [0.2, 0.25) is 0 Å². The van der Waals surface area contributed by atoms with Gasteiger partial charge in [0, 0.05) is 11.3 Å². The van der Waals surface area contributed by atoms with Gasteiger partial charge < -0.3 is 5.11 Å². The average molecular weight is 304 g/mol. The minimum absolute atomic E-state index is 0.0642. The SMILES string of the molecule is C[C@]12CCCC[C@@H]1CC[C@@H]1[C@@H]2CC[C@]2(C)C(=O)[C@H](CO)C[C@@H]12. The van der Waals surface area contributed by atoms with Crippen LogP contribution in [0.1, 0.15) is 71.6 Å². The van der Waals surface area contributed by atoms with Crippen LogP contribution in [0.4, 0.5) is 0 Å². The minimum Gasteiger partial charge on any atom is -0.396 e. The lowest BCUT2D eigenvalue weighted by Gasteiger charge is -2.59. The Hall–Kier alpha value is -0.370. The number of hydrogen-bond acceptors (Lipinski definition) is 2. The predicted octanol–water partition coefficient (Wildman–Crippen LogP) is 4.21. The van der Waals surface area contributed by atoms with E-state index in [9.17, 15) is 9.90 Å². The third-order valence-corrected chi connectivity index (χ3v) is 8.67. The molecule has 0 saturated heterocycles. The molecule has 22 heavy (non-hydrogen) atoms. The lowest BCUT2D eigenvalue weighted by Crippen LogP contribution is -2.52. The lowest BCUT2D eigenvalue weighted by molar-refractivity contribution is -0.140. The Balaban J connectivity index is 1.65. The van der Waals surface area contributed by atoms with Gasteiger partial charge in [0.25, 0.3) is 0 Å². The molecule has 4 fully saturated rings. The van der Waals surface area contributed by atoms with E-state index in [1.165, 1.54) is 44.9 Å². The molecular formula is C20H32O2. The zero-order chi connectivity index (χ0) is 15.5. The zero-order valence-electron chi connectivity index (χ0n) is 14.3. The second kappa shape index (κ2) is 5.06. The topological polar surface area (TPSA) is 37.3 Å². The number of aliphatic hydroxyl groups excluding tert-OH is 1. The van der Waals surface area contributed by atoms with Gasteiger partial charge in [-0.3, -0.25) is 4.79 Å². The Labute approximate surface area is 135 Å². The quantitative estimate of drug-likeness (QED) is 0.788. The molecule has 7 atom stereocenters. The molecule has 1 N–H and O–H groups in total. The maximum Gasteiger partial charge on any atom is 0.144 e. The van der Waals surface area contributed by atoms with Crippen LogP contribution >= 0.6 is 0 Å². The summed E-state index contributed by atoms with van der Waals surface area (Å²) in [6.45, 7) is 4.87. The van der Waals surface area contributed by atoms with Crippen molar-refractivity contribution in [1.29, 1.82) is 0 Å². The third-order valence-electron chi connectivity index (χ3n) is 8.67. The second-order valence-electron chi connectivity index (χ2n) is 9.34. The van der Waals surface area contributed by atoms with Gasteiger partial charge in [0.1, 0.15) is 5.78 Å². The van der Waals surface area contributed by atoms with Gasteiger partial charge in [-0.15, -0.1) is 0 Å². The molecule has 0 aromatic rings. The summed E-state index contributed by atoms with van der Waals surface area (Å²) in [6, 6.07) is 0. The minimum atomic E-state index is -0.119. The summed E-state index contributed by atoms with van der Waals surface area (Å²) in [5, 5.41) is 9.61. The molecule has 4 aliphatic rings. The predicted molar refractivity (Wildman–Crippen MR) is 87.3 cm³/mol. The Morgan fingerprint density at radius 3 is 2.64 bits per heavy atom. The molecular weight excluding hydrogens is 272 g/mol. The van der Waals surface area contributed by atoms with Crippen LogP contribution in [0, 0.1) is 40.4 Å². The van der Waals surface area contributed by atoms with Crippen LogP contribution in [-0.4, -0.2) is 17.5 Å². The number of hydrogen-bond donors (Lipinski definition) is 1. The lowest BCUT2D eigenvalue weighted by atomic mass is 9.45. The van der Waals surface area contributed by atoms with E-state index in [1.54, 1.807) is 0 Å². The number of carbonyl (C=O) groups is 1. The summed E-state index contributed by atoms with van der Waals surface area (Å²) in [4.78, 5) is 12.8. The molecule has 4 aliphatic carbocycles. The van der Waals surface area contributed by atoms with Crippen LogP contribution in [0.25, 0.3) is 0 Å². The van der Waals surface area contributed by atoms with Crippen LogP contribution in [0.2, 0.25) is 0 Å². The Morgan fingerprint density at radius 1 is 1.05 bits per heavy atom. The monoisotopic (exact) mass is 304 g/mol. The number of fused-ring (bicyclic) bond motifs is 5. The van der Waals surface area contributed by atoms with Crippen LogP contribution < -0.4 is 0 Å². The van der Waals surface area contributed by atoms with Gasteiger partial charge in [-0.05, 0) is 74.0 Å². The largest absolute Gasteiger partial charge is 0.396 e. The van der Waals surface area contributed by atoms with Gasteiger partial charge in [0.15, 0.2) is 0 Å². The summed E-state index contributed by atoms with van der Waals surface area (Å²) in [5.41, 5.74) is 0.426. The van der Waals surface area contributed by atoms with Gasteiger partial charge >= 0.3 is 0 Å². The van der Waals surface area contributed by atoms with Crippen molar-refractivity contribution in [2.24, 2.45) is 40.4 Å². The molecule has 4 saturated carbocycles. The molecule has 2 nitrogen and oxygen atoms in total. The van der Waals surface area contributed by atoms with E-state index in [0.29, 0.717) is 17.1 Å². The third kappa shape index (κ3) is 1.85. The van der Waals surface area contributed by atoms with Crippen LogP contribution in [0.3, 0.4) is 0 Å². The number of Topliss-reactive ketones (excluding diaryl/α,β-unsaturated/α-hetero) is 1. The molecule has 0 radical (unpaired) electrons. The highest BCUT2D eigenvalue weighted by Crippen LogP contribution is 2.66. The van der Waals surface area contributed by atoms with Crippen molar-refractivity contribution in [3.05, 3.63) is 0 Å². The molecule has 0 amide bonds. The molecule has 0 aromatic heterocycles. The number of rotatable bonds is 1. The van der Waals surface area contributed by atoms with E-state index in [-0.39, 0.29) is 17.9 Å². The molecule has 0 bridgehead atoms. The second-order valence-corrected chi connectivity index (χ2v) is 9.34. The maximum absolute atomic E-state index is 12.8. The normalized spacial score (nSPS) is 54.5. The summed E-state index contributed by atoms with van der Waals surface area (Å²) in [7, 11) is 0. The fourth-order valence-corrected chi connectivity index (χ4v) is 7.39. The van der Waals surface area contributed by atoms with Crippen molar-refractivity contribution in [2.45, 2.75) is 71.6 Å². The van der Waals surface area contributed by atoms with Gasteiger partial charge in [-0.2, -0.15) is 0 Å². The van der Waals surface area contributed by atoms with Crippen LogP contribution in [-0.2, 0) is 4.79 Å². The maximum atomic E-state index is 12.8. The fraction of sp³-hybridized carbons (Fsp3) is 0.950. The smallest absolute Gasteiger partial charge is 0.144 e.